The second-order valence-electron chi connectivity index (χ2n) is 6.27. The Bertz CT molecular complexity index is 918. The number of hydrogen-bond donors (Lipinski definition) is 2. The molecule has 1 heterocycles. The SMILES string of the molecule is CC[C@H](C)NC(=O)C(=O)NC[C@H](c1cccnc1)S(=O)(=O)c1ccc(F)cc1. The van der Waals surface area contributed by atoms with Crippen LogP contribution in [0.3, 0.4) is 0 Å². The summed E-state index contributed by atoms with van der Waals surface area (Å²) in [4.78, 5) is 27.8. The van der Waals surface area contributed by atoms with Gasteiger partial charge in [-0.2, -0.15) is 0 Å². The molecular formula is C19H22FN3O4S. The van der Waals surface area contributed by atoms with Gasteiger partial charge in [0.1, 0.15) is 11.1 Å². The summed E-state index contributed by atoms with van der Waals surface area (Å²) in [5.41, 5.74) is 0.342. The van der Waals surface area contributed by atoms with Crippen molar-refractivity contribution in [3.63, 3.8) is 0 Å². The molecule has 0 aliphatic heterocycles. The van der Waals surface area contributed by atoms with Crippen molar-refractivity contribution in [2.75, 3.05) is 6.54 Å². The molecule has 2 N–H and O–H groups in total. The third-order valence-electron chi connectivity index (χ3n) is 4.22. The number of halogens is 1. The first kappa shape index (κ1) is 21.5. The number of amides is 2. The molecule has 2 rings (SSSR count). The summed E-state index contributed by atoms with van der Waals surface area (Å²) in [6.07, 6.45) is 3.51. The van der Waals surface area contributed by atoms with Gasteiger partial charge in [0, 0.05) is 25.0 Å². The maximum atomic E-state index is 13.2. The van der Waals surface area contributed by atoms with Crippen molar-refractivity contribution in [2.45, 2.75) is 36.5 Å². The van der Waals surface area contributed by atoms with E-state index in [1.54, 1.807) is 19.1 Å². The fourth-order valence-electron chi connectivity index (χ4n) is 2.42. The van der Waals surface area contributed by atoms with Crippen LogP contribution < -0.4 is 10.6 Å². The highest BCUT2D eigenvalue weighted by Crippen LogP contribution is 2.28. The van der Waals surface area contributed by atoms with E-state index in [1.165, 1.54) is 12.4 Å². The van der Waals surface area contributed by atoms with E-state index < -0.39 is 32.7 Å². The number of benzene rings is 1. The number of nitrogens with one attached hydrogen (secondary N) is 2. The first-order valence-corrected chi connectivity index (χ1v) is 10.3. The molecule has 0 saturated carbocycles. The van der Waals surface area contributed by atoms with E-state index in [2.05, 4.69) is 15.6 Å². The van der Waals surface area contributed by atoms with Crippen LogP contribution in [0.4, 0.5) is 4.39 Å². The fraction of sp³-hybridized carbons (Fsp3) is 0.316. The Morgan fingerprint density at radius 1 is 1.14 bits per heavy atom. The molecule has 2 aromatic rings. The van der Waals surface area contributed by atoms with Crippen LogP contribution in [0.5, 0.6) is 0 Å². The van der Waals surface area contributed by atoms with E-state index in [1.807, 2.05) is 6.92 Å². The molecule has 0 unspecified atom stereocenters. The van der Waals surface area contributed by atoms with E-state index in [0.29, 0.717) is 12.0 Å². The smallest absolute Gasteiger partial charge is 0.309 e. The van der Waals surface area contributed by atoms with Crippen molar-refractivity contribution in [3.05, 3.63) is 60.2 Å². The van der Waals surface area contributed by atoms with Gasteiger partial charge in [-0.1, -0.05) is 13.0 Å². The Morgan fingerprint density at radius 3 is 2.39 bits per heavy atom. The second kappa shape index (κ2) is 9.41. The summed E-state index contributed by atoms with van der Waals surface area (Å²) in [6, 6.07) is 7.35. The normalized spacial score (nSPS) is 13.4. The predicted molar refractivity (Wildman–Crippen MR) is 101 cm³/mol. The number of aromatic nitrogens is 1. The Balaban J connectivity index is 2.25. The maximum absolute atomic E-state index is 13.2. The fourth-order valence-corrected chi connectivity index (χ4v) is 4.06. The van der Waals surface area contributed by atoms with Gasteiger partial charge >= 0.3 is 11.8 Å². The Labute approximate surface area is 163 Å². The van der Waals surface area contributed by atoms with Crippen LogP contribution in [0.15, 0.2) is 53.7 Å². The molecule has 0 radical (unpaired) electrons. The monoisotopic (exact) mass is 407 g/mol. The van der Waals surface area contributed by atoms with Gasteiger partial charge in [-0.15, -0.1) is 0 Å². The van der Waals surface area contributed by atoms with E-state index in [-0.39, 0.29) is 17.5 Å². The van der Waals surface area contributed by atoms with Gasteiger partial charge in [0.05, 0.1) is 4.90 Å². The Morgan fingerprint density at radius 2 is 1.82 bits per heavy atom. The summed E-state index contributed by atoms with van der Waals surface area (Å²) < 4.78 is 39.3. The molecule has 0 aliphatic rings. The molecule has 7 nitrogen and oxygen atoms in total. The average Bonchev–Trinajstić information content (AvgIpc) is 2.68. The molecule has 0 fully saturated rings. The number of pyridine rings is 1. The first-order chi connectivity index (χ1) is 13.3. The van der Waals surface area contributed by atoms with Gasteiger partial charge in [-0.05, 0) is 49.2 Å². The number of carbonyl (C=O) groups excluding carboxylic acids is 2. The molecule has 28 heavy (non-hydrogen) atoms. The largest absolute Gasteiger partial charge is 0.346 e. The van der Waals surface area contributed by atoms with Gasteiger partial charge in [0.25, 0.3) is 0 Å². The second-order valence-corrected chi connectivity index (χ2v) is 8.40. The zero-order valence-corrected chi connectivity index (χ0v) is 16.4. The van der Waals surface area contributed by atoms with Gasteiger partial charge in [0.15, 0.2) is 9.84 Å². The molecule has 0 saturated heterocycles. The highest BCUT2D eigenvalue weighted by atomic mass is 32.2. The zero-order valence-electron chi connectivity index (χ0n) is 15.6. The summed E-state index contributed by atoms with van der Waals surface area (Å²) in [5, 5.41) is 3.69. The Hall–Kier alpha value is -2.81. The van der Waals surface area contributed by atoms with Crippen LogP contribution in [0.1, 0.15) is 31.1 Å². The predicted octanol–water partition coefficient (Wildman–Crippen LogP) is 1.77. The summed E-state index contributed by atoms with van der Waals surface area (Å²) in [7, 11) is -3.97. The van der Waals surface area contributed by atoms with Crippen LogP contribution >= 0.6 is 0 Å². The highest BCUT2D eigenvalue weighted by molar-refractivity contribution is 7.91. The lowest BCUT2D eigenvalue weighted by Gasteiger charge is -2.19. The molecule has 9 heteroatoms. The van der Waals surface area contributed by atoms with Crippen molar-refractivity contribution >= 4 is 21.7 Å². The third kappa shape index (κ3) is 5.35. The van der Waals surface area contributed by atoms with E-state index >= 15 is 0 Å². The first-order valence-electron chi connectivity index (χ1n) is 8.73. The number of carbonyl (C=O) groups is 2. The molecule has 2 atom stereocenters. The van der Waals surface area contributed by atoms with Gasteiger partial charge in [0.2, 0.25) is 0 Å². The average molecular weight is 407 g/mol. The minimum Gasteiger partial charge on any atom is -0.346 e. The van der Waals surface area contributed by atoms with Crippen LogP contribution in [0, 0.1) is 5.82 Å². The standard InChI is InChI=1S/C19H22FN3O4S/c1-3-13(2)23-19(25)18(24)22-12-17(14-5-4-10-21-11-14)28(26,27)16-8-6-15(20)7-9-16/h4-11,13,17H,3,12H2,1-2H3,(H,22,24)(H,23,25)/t13-,17+/m0/s1. The summed E-state index contributed by atoms with van der Waals surface area (Å²) in [5.74, 6) is -2.33. The Kier molecular flexibility index (Phi) is 7.22. The minimum atomic E-state index is -3.97. The molecular weight excluding hydrogens is 385 g/mol. The zero-order chi connectivity index (χ0) is 20.7. The summed E-state index contributed by atoms with van der Waals surface area (Å²) in [6.45, 7) is 3.28. The lowest BCUT2D eigenvalue weighted by molar-refractivity contribution is -0.139. The lowest BCUT2D eigenvalue weighted by atomic mass is 10.2. The highest BCUT2D eigenvalue weighted by Gasteiger charge is 2.30. The number of hydrogen-bond acceptors (Lipinski definition) is 5. The van der Waals surface area contributed by atoms with E-state index in [9.17, 15) is 22.4 Å². The van der Waals surface area contributed by atoms with E-state index in [0.717, 1.165) is 24.3 Å². The number of rotatable bonds is 7. The van der Waals surface area contributed by atoms with Gasteiger partial charge in [-0.25, -0.2) is 12.8 Å². The van der Waals surface area contributed by atoms with Crippen LogP contribution in [0.2, 0.25) is 0 Å². The minimum absolute atomic E-state index is 0.0962. The van der Waals surface area contributed by atoms with Crippen molar-refractivity contribution in [1.29, 1.82) is 0 Å². The van der Waals surface area contributed by atoms with Crippen molar-refractivity contribution in [2.24, 2.45) is 0 Å². The van der Waals surface area contributed by atoms with Crippen molar-refractivity contribution in [1.82, 2.24) is 15.6 Å². The van der Waals surface area contributed by atoms with Crippen molar-refractivity contribution in [3.8, 4) is 0 Å². The molecule has 0 spiro atoms. The number of nitrogens with zero attached hydrogens (tertiary/aromatic N) is 1. The third-order valence-corrected chi connectivity index (χ3v) is 6.33. The molecule has 2 amide bonds. The molecule has 0 bridgehead atoms. The van der Waals surface area contributed by atoms with Crippen molar-refractivity contribution < 1.29 is 22.4 Å². The quantitative estimate of drug-likeness (QED) is 0.538. The van der Waals surface area contributed by atoms with Crippen LogP contribution in [0.25, 0.3) is 0 Å². The van der Waals surface area contributed by atoms with Crippen LogP contribution in [-0.2, 0) is 19.4 Å². The maximum Gasteiger partial charge on any atom is 0.309 e. The molecule has 150 valence electrons. The number of sulfone groups is 1. The van der Waals surface area contributed by atoms with Crippen LogP contribution in [-0.4, -0.2) is 37.8 Å². The lowest BCUT2D eigenvalue weighted by Crippen LogP contribution is -2.45. The summed E-state index contributed by atoms with van der Waals surface area (Å²) >= 11 is 0. The van der Waals surface area contributed by atoms with E-state index in [4.69, 9.17) is 0 Å². The molecule has 0 aliphatic carbocycles. The topological polar surface area (TPSA) is 105 Å². The van der Waals surface area contributed by atoms with Gasteiger partial charge in [-0.3, -0.25) is 14.6 Å². The molecule has 1 aromatic heterocycles. The van der Waals surface area contributed by atoms with Gasteiger partial charge < -0.3 is 10.6 Å². The molecule has 1 aromatic carbocycles.